The topological polar surface area (TPSA) is 55.7 Å². The highest BCUT2D eigenvalue weighted by molar-refractivity contribution is 4.73. The number of hydrogen-bond donors (Lipinski definition) is 3. The Kier molecular flexibility index (Phi) is 10.1. The molecule has 0 heterocycles. The molecule has 0 rings (SSSR count). The molecule has 0 aliphatic heterocycles. The van der Waals surface area contributed by atoms with Crippen LogP contribution in [0.2, 0.25) is 0 Å². The molecule has 0 aromatic rings. The minimum atomic E-state index is 0.155. The number of nitrogens with zero attached hydrogens (tertiary/aromatic N) is 1. The van der Waals surface area contributed by atoms with Crippen molar-refractivity contribution >= 4 is 0 Å². The van der Waals surface area contributed by atoms with Crippen molar-refractivity contribution in [2.45, 2.75) is 13.3 Å². The van der Waals surface area contributed by atoms with Gasteiger partial charge in [-0.3, -0.25) is 4.90 Å². The number of hydrogen-bond acceptors (Lipinski definition) is 4. The van der Waals surface area contributed by atoms with E-state index in [1.807, 2.05) is 19.2 Å². The summed E-state index contributed by atoms with van der Waals surface area (Å²) in [6.45, 7) is 5.40. The summed E-state index contributed by atoms with van der Waals surface area (Å²) in [6, 6.07) is 0. The molecule has 0 unspecified atom stereocenters. The fourth-order valence-corrected chi connectivity index (χ4v) is 1.22. The first kappa shape index (κ1) is 13.4. The van der Waals surface area contributed by atoms with Gasteiger partial charge in [0.05, 0.1) is 13.2 Å². The van der Waals surface area contributed by atoms with Crippen molar-refractivity contribution in [2.75, 3.05) is 39.4 Å². The Morgan fingerprint density at radius 1 is 1.14 bits per heavy atom. The van der Waals surface area contributed by atoms with Gasteiger partial charge in [-0.25, -0.2) is 0 Å². The van der Waals surface area contributed by atoms with Crippen LogP contribution in [0.4, 0.5) is 0 Å². The first-order valence-corrected chi connectivity index (χ1v) is 5.13. The second kappa shape index (κ2) is 10.5. The van der Waals surface area contributed by atoms with Crippen LogP contribution in [0.3, 0.4) is 0 Å². The lowest BCUT2D eigenvalue weighted by atomic mass is 10.3. The summed E-state index contributed by atoms with van der Waals surface area (Å²) in [5.41, 5.74) is 0. The molecule has 4 heteroatoms. The summed E-state index contributed by atoms with van der Waals surface area (Å²) in [4.78, 5) is 2.05. The van der Waals surface area contributed by atoms with Gasteiger partial charge in [0.25, 0.3) is 0 Å². The largest absolute Gasteiger partial charge is 0.395 e. The average molecular weight is 202 g/mol. The fraction of sp³-hybridized carbons (Fsp3) is 0.800. The SMILES string of the molecule is CC=CNCCCN(CCO)CCO. The molecule has 0 aliphatic carbocycles. The van der Waals surface area contributed by atoms with Gasteiger partial charge < -0.3 is 15.5 Å². The van der Waals surface area contributed by atoms with Crippen molar-refractivity contribution in [1.82, 2.24) is 10.2 Å². The number of aliphatic hydroxyl groups excluding tert-OH is 2. The average Bonchev–Trinajstić information content (AvgIpc) is 2.18. The van der Waals surface area contributed by atoms with E-state index in [2.05, 4.69) is 10.2 Å². The van der Waals surface area contributed by atoms with E-state index in [1.54, 1.807) is 0 Å². The summed E-state index contributed by atoms with van der Waals surface area (Å²) < 4.78 is 0. The Hall–Kier alpha value is -0.580. The highest BCUT2D eigenvalue weighted by Gasteiger charge is 2.01. The van der Waals surface area contributed by atoms with Gasteiger partial charge in [0, 0.05) is 19.6 Å². The highest BCUT2D eigenvalue weighted by Crippen LogP contribution is 1.89. The molecule has 0 bridgehead atoms. The molecule has 14 heavy (non-hydrogen) atoms. The number of nitrogens with one attached hydrogen (secondary N) is 1. The smallest absolute Gasteiger partial charge is 0.0558 e. The lowest BCUT2D eigenvalue weighted by Gasteiger charge is -2.19. The zero-order valence-electron chi connectivity index (χ0n) is 8.95. The Morgan fingerprint density at radius 3 is 2.29 bits per heavy atom. The summed E-state index contributed by atoms with van der Waals surface area (Å²) >= 11 is 0. The van der Waals surface area contributed by atoms with Crippen molar-refractivity contribution in [3.63, 3.8) is 0 Å². The molecule has 0 aliphatic rings. The molecule has 0 radical (unpaired) electrons. The van der Waals surface area contributed by atoms with Gasteiger partial charge in [-0.05, 0) is 26.1 Å². The Morgan fingerprint density at radius 2 is 1.79 bits per heavy atom. The molecule has 0 aromatic carbocycles. The lowest BCUT2D eigenvalue weighted by Crippen LogP contribution is -2.32. The second-order valence-electron chi connectivity index (χ2n) is 3.10. The maximum Gasteiger partial charge on any atom is 0.0558 e. The summed E-state index contributed by atoms with van der Waals surface area (Å²) in [7, 11) is 0. The van der Waals surface area contributed by atoms with E-state index < -0.39 is 0 Å². The van der Waals surface area contributed by atoms with E-state index in [0.717, 1.165) is 19.5 Å². The van der Waals surface area contributed by atoms with E-state index in [9.17, 15) is 0 Å². The standard InChI is InChI=1S/C10H22N2O2/c1-2-4-11-5-3-6-12(7-9-13)8-10-14/h2,4,11,13-14H,3,5-10H2,1H3. The molecule has 0 saturated heterocycles. The second-order valence-corrected chi connectivity index (χ2v) is 3.10. The monoisotopic (exact) mass is 202 g/mol. The zero-order chi connectivity index (χ0) is 10.6. The van der Waals surface area contributed by atoms with Crippen LogP contribution < -0.4 is 5.32 Å². The zero-order valence-corrected chi connectivity index (χ0v) is 8.95. The fourth-order valence-electron chi connectivity index (χ4n) is 1.22. The van der Waals surface area contributed by atoms with Crippen LogP contribution in [0.15, 0.2) is 12.3 Å². The van der Waals surface area contributed by atoms with Crippen LogP contribution in [-0.4, -0.2) is 54.5 Å². The molecule has 0 spiro atoms. The van der Waals surface area contributed by atoms with Crippen LogP contribution in [-0.2, 0) is 0 Å². The third kappa shape index (κ3) is 8.04. The van der Waals surface area contributed by atoms with Crippen molar-refractivity contribution in [1.29, 1.82) is 0 Å². The van der Waals surface area contributed by atoms with Crippen molar-refractivity contribution in [2.24, 2.45) is 0 Å². The Balaban J connectivity index is 3.39. The van der Waals surface area contributed by atoms with E-state index in [-0.39, 0.29) is 13.2 Å². The van der Waals surface area contributed by atoms with Gasteiger partial charge >= 0.3 is 0 Å². The Bertz CT molecular complexity index is 134. The molecule has 0 aromatic heterocycles. The van der Waals surface area contributed by atoms with Crippen LogP contribution >= 0.6 is 0 Å². The van der Waals surface area contributed by atoms with Crippen molar-refractivity contribution in [3.8, 4) is 0 Å². The van der Waals surface area contributed by atoms with Crippen LogP contribution in [0, 0.1) is 0 Å². The molecule has 84 valence electrons. The van der Waals surface area contributed by atoms with E-state index >= 15 is 0 Å². The lowest BCUT2D eigenvalue weighted by molar-refractivity contribution is 0.160. The first-order valence-electron chi connectivity index (χ1n) is 5.13. The predicted molar refractivity (Wildman–Crippen MR) is 58.0 cm³/mol. The van der Waals surface area contributed by atoms with Gasteiger partial charge in [-0.1, -0.05) is 6.08 Å². The van der Waals surface area contributed by atoms with E-state index in [4.69, 9.17) is 10.2 Å². The predicted octanol–water partition coefficient (Wildman–Crippen LogP) is -0.214. The highest BCUT2D eigenvalue weighted by atomic mass is 16.3. The first-order chi connectivity index (χ1) is 6.85. The molecule has 3 N–H and O–H groups in total. The van der Waals surface area contributed by atoms with Crippen LogP contribution in [0.1, 0.15) is 13.3 Å². The minimum absolute atomic E-state index is 0.155. The summed E-state index contributed by atoms with van der Waals surface area (Å²) in [5, 5.41) is 20.7. The maximum atomic E-state index is 8.75. The molecule has 0 saturated carbocycles. The number of rotatable bonds is 9. The van der Waals surface area contributed by atoms with Gasteiger partial charge in [0.2, 0.25) is 0 Å². The molecule has 0 atom stereocenters. The molecule has 0 amide bonds. The van der Waals surface area contributed by atoms with Gasteiger partial charge in [0.1, 0.15) is 0 Å². The van der Waals surface area contributed by atoms with Gasteiger partial charge in [-0.2, -0.15) is 0 Å². The van der Waals surface area contributed by atoms with Crippen molar-refractivity contribution < 1.29 is 10.2 Å². The van der Waals surface area contributed by atoms with E-state index in [0.29, 0.717) is 13.1 Å². The van der Waals surface area contributed by atoms with Gasteiger partial charge in [-0.15, -0.1) is 0 Å². The van der Waals surface area contributed by atoms with Crippen LogP contribution in [0.25, 0.3) is 0 Å². The van der Waals surface area contributed by atoms with Crippen LogP contribution in [0.5, 0.6) is 0 Å². The molecular formula is C10H22N2O2. The molecular weight excluding hydrogens is 180 g/mol. The third-order valence-corrected chi connectivity index (χ3v) is 1.91. The minimum Gasteiger partial charge on any atom is -0.395 e. The normalized spacial score (nSPS) is 11.4. The Labute approximate surface area is 86.2 Å². The summed E-state index contributed by atoms with van der Waals surface area (Å²) in [6.07, 6.45) is 4.89. The number of aliphatic hydroxyl groups is 2. The quantitative estimate of drug-likeness (QED) is 0.453. The van der Waals surface area contributed by atoms with Gasteiger partial charge in [0.15, 0.2) is 0 Å². The van der Waals surface area contributed by atoms with E-state index in [1.165, 1.54) is 0 Å². The maximum absolute atomic E-state index is 8.75. The summed E-state index contributed by atoms with van der Waals surface area (Å²) in [5.74, 6) is 0. The number of allylic oxidation sites excluding steroid dienone is 1. The van der Waals surface area contributed by atoms with Crippen molar-refractivity contribution in [3.05, 3.63) is 12.3 Å². The molecule has 4 nitrogen and oxygen atoms in total. The third-order valence-electron chi connectivity index (χ3n) is 1.91. The molecule has 0 fully saturated rings.